The van der Waals surface area contributed by atoms with Crippen molar-refractivity contribution < 1.29 is 9.59 Å². The van der Waals surface area contributed by atoms with Crippen molar-refractivity contribution in [2.24, 2.45) is 0 Å². The summed E-state index contributed by atoms with van der Waals surface area (Å²) in [5.41, 5.74) is 1.12. The largest absolute Gasteiger partial charge is 0.347 e. The van der Waals surface area contributed by atoms with Crippen LogP contribution in [0.2, 0.25) is 0 Å². The predicted octanol–water partition coefficient (Wildman–Crippen LogP) is 1.12. The van der Waals surface area contributed by atoms with Gasteiger partial charge in [0, 0.05) is 33.0 Å². The number of carbonyl (C=O) groups excluding carboxylic acids is 2. The van der Waals surface area contributed by atoms with Crippen LogP contribution in [0, 0.1) is 6.92 Å². The van der Waals surface area contributed by atoms with E-state index in [1.165, 1.54) is 6.20 Å². The molecule has 0 spiro atoms. The highest BCUT2D eigenvalue weighted by atomic mass is 16.2. The highest BCUT2D eigenvalue weighted by molar-refractivity contribution is 6.03. The predicted molar refractivity (Wildman–Crippen MR) is 85.1 cm³/mol. The summed E-state index contributed by atoms with van der Waals surface area (Å²) in [6, 6.07) is 0. The lowest BCUT2D eigenvalue weighted by Crippen LogP contribution is -2.55. The molecule has 1 aliphatic heterocycles. The maximum Gasteiger partial charge on any atom is 0.260 e. The molecule has 7 heteroatoms. The molecule has 1 fully saturated rings. The number of amides is 2. The second-order valence-corrected chi connectivity index (χ2v) is 6.49. The van der Waals surface area contributed by atoms with Crippen LogP contribution in [0.15, 0.2) is 18.6 Å². The van der Waals surface area contributed by atoms with Gasteiger partial charge < -0.3 is 9.80 Å². The lowest BCUT2D eigenvalue weighted by molar-refractivity contribution is -0.138. The first-order valence-electron chi connectivity index (χ1n) is 7.68. The molecule has 1 saturated heterocycles. The molecule has 0 N–H and O–H groups in total. The van der Waals surface area contributed by atoms with Crippen LogP contribution >= 0.6 is 0 Å². The van der Waals surface area contributed by atoms with E-state index in [2.05, 4.69) is 10.1 Å². The molecule has 0 saturated carbocycles. The van der Waals surface area contributed by atoms with E-state index in [-0.39, 0.29) is 11.8 Å². The van der Waals surface area contributed by atoms with Gasteiger partial charge in [0.15, 0.2) is 5.65 Å². The number of aryl methyl sites for hydroxylation is 1. The van der Waals surface area contributed by atoms with Gasteiger partial charge in [-0.3, -0.25) is 9.59 Å². The lowest BCUT2D eigenvalue weighted by Gasteiger charge is -2.35. The van der Waals surface area contributed by atoms with E-state index in [1.807, 2.05) is 20.0 Å². The van der Waals surface area contributed by atoms with Crippen LogP contribution in [0.4, 0.5) is 0 Å². The molecule has 2 aromatic heterocycles. The van der Waals surface area contributed by atoms with Crippen LogP contribution in [-0.2, 0) is 4.79 Å². The highest BCUT2D eigenvalue weighted by Gasteiger charge is 2.47. The summed E-state index contributed by atoms with van der Waals surface area (Å²) in [5, 5.41) is 4.21. The normalized spacial score (nSPS) is 21.0. The van der Waals surface area contributed by atoms with E-state index >= 15 is 0 Å². The minimum absolute atomic E-state index is 0.0522. The fraction of sp³-hybridized carbons (Fsp3) is 0.500. The Bertz CT molecular complexity index is 782. The molecule has 1 aliphatic rings. The van der Waals surface area contributed by atoms with Gasteiger partial charge in [0.1, 0.15) is 11.1 Å². The number of aromatic nitrogens is 3. The average Bonchev–Trinajstić information content (AvgIpc) is 3.09. The van der Waals surface area contributed by atoms with E-state index in [0.717, 1.165) is 12.0 Å². The monoisotopic (exact) mass is 315 g/mol. The third kappa shape index (κ3) is 2.36. The van der Waals surface area contributed by atoms with Crippen molar-refractivity contribution in [2.75, 3.05) is 20.6 Å². The van der Waals surface area contributed by atoms with Gasteiger partial charge in [-0.15, -0.1) is 0 Å². The van der Waals surface area contributed by atoms with Crippen LogP contribution in [0.1, 0.15) is 35.7 Å². The number of likely N-dealkylation sites (N-methyl/N-ethyl adjacent to an activating group) is 1. The van der Waals surface area contributed by atoms with Crippen LogP contribution in [-0.4, -0.2) is 62.4 Å². The van der Waals surface area contributed by atoms with Crippen molar-refractivity contribution in [3.63, 3.8) is 0 Å². The molecule has 1 atom stereocenters. The Morgan fingerprint density at radius 1 is 1.30 bits per heavy atom. The summed E-state index contributed by atoms with van der Waals surface area (Å²) in [6.45, 7) is 4.32. The van der Waals surface area contributed by atoms with Crippen LogP contribution in [0.5, 0.6) is 0 Å². The first kappa shape index (κ1) is 15.5. The van der Waals surface area contributed by atoms with Crippen LogP contribution in [0.3, 0.4) is 0 Å². The van der Waals surface area contributed by atoms with Crippen LogP contribution < -0.4 is 0 Å². The number of rotatable bonds is 2. The molecule has 0 radical (unpaired) electrons. The molecule has 0 aliphatic carbocycles. The molecule has 1 unspecified atom stereocenters. The zero-order valence-corrected chi connectivity index (χ0v) is 13.9. The van der Waals surface area contributed by atoms with Gasteiger partial charge >= 0.3 is 0 Å². The van der Waals surface area contributed by atoms with Gasteiger partial charge in [0.25, 0.3) is 5.91 Å². The number of likely N-dealkylation sites (tertiary alicyclic amines) is 1. The number of nitrogens with zero attached hydrogens (tertiary/aromatic N) is 5. The Hall–Kier alpha value is -2.44. The Balaban J connectivity index is 2.00. The highest BCUT2D eigenvalue weighted by Crippen LogP contribution is 2.32. The molecular weight excluding hydrogens is 294 g/mol. The van der Waals surface area contributed by atoms with Crippen molar-refractivity contribution >= 4 is 17.5 Å². The van der Waals surface area contributed by atoms with Gasteiger partial charge in [0.2, 0.25) is 5.91 Å². The van der Waals surface area contributed by atoms with Gasteiger partial charge in [-0.05, 0) is 32.3 Å². The van der Waals surface area contributed by atoms with Gasteiger partial charge in [0.05, 0.1) is 6.20 Å². The molecule has 0 bridgehead atoms. The summed E-state index contributed by atoms with van der Waals surface area (Å²) in [7, 11) is 3.43. The molecule has 3 rings (SSSR count). The minimum atomic E-state index is -0.806. The molecule has 0 aromatic carbocycles. The van der Waals surface area contributed by atoms with Crippen molar-refractivity contribution in [1.29, 1.82) is 0 Å². The van der Waals surface area contributed by atoms with E-state index in [0.29, 0.717) is 24.2 Å². The zero-order valence-electron chi connectivity index (χ0n) is 13.9. The molecule has 2 aromatic rings. The van der Waals surface area contributed by atoms with Gasteiger partial charge in [-0.1, -0.05) is 0 Å². The summed E-state index contributed by atoms with van der Waals surface area (Å²) < 4.78 is 1.60. The minimum Gasteiger partial charge on any atom is -0.347 e. The molecule has 2 amide bonds. The fourth-order valence-electron chi connectivity index (χ4n) is 3.26. The first-order valence-corrected chi connectivity index (χ1v) is 7.68. The molecule has 3 heterocycles. The summed E-state index contributed by atoms with van der Waals surface area (Å²) >= 11 is 0. The molecule has 7 nitrogen and oxygen atoms in total. The zero-order chi connectivity index (χ0) is 16.8. The van der Waals surface area contributed by atoms with Crippen molar-refractivity contribution in [2.45, 2.75) is 32.2 Å². The van der Waals surface area contributed by atoms with Crippen molar-refractivity contribution in [3.8, 4) is 0 Å². The van der Waals surface area contributed by atoms with E-state index in [4.69, 9.17) is 0 Å². The quantitative estimate of drug-likeness (QED) is 0.832. The summed E-state index contributed by atoms with van der Waals surface area (Å²) in [6.07, 6.45) is 6.55. The molecule has 122 valence electrons. The summed E-state index contributed by atoms with van der Waals surface area (Å²) in [5.74, 6) is -0.241. The second kappa shape index (κ2) is 5.33. The van der Waals surface area contributed by atoms with E-state index in [9.17, 15) is 9.59 Å². The fourth-order valence-corrected chi connectivity index (χ4v) is 3.26. The van der Waals surface area contributed by atoms with Crippen LogP contribution in [0.25, 0.3) is 5.65 Å². The number of hydrogen-bond acceptors (Lipinski definition) is 4. The standard InChI is InChI=1S/C16H21N5O2/c1-11-8-17-13-12(9-18-21(13)10-11)14(22)20-7-5-6-16(20,2)15(23)19(3)4/h8-10H,5-7H2,1-4H3. The third-order valence-corrected chi connectivity index (χ3v) is 4.47. The molecular formula is C16H21N5O2. The smallest absolute Gasteiger partial charge is 0.260 e. The first-order chi connectivity index (χ1) is 10.8. The van der Waals surface area contributed by atoms with E-state index < -0.39 is 5.54 Å². The van der Waals surface area contributed by atoms with E-state index in [1.54, 1.807) is 34.6 Å². The number of carbonyl (C=O) groups is 2. The Morgan fingerprint density at radius 2 is 2.04 bits per heavy atom. The van der Waals surface area contributed by atoms with Gasteiger partial charge in [-0.2, -0.15) is 5.10 Å². The van der Waals surface area contributed by atoms with Crippen molar-refractivity contribution in [3.05, 3.63) is 29.7 Å². The Labute approximate surface area is 134 Å². The number of hydrogen-bond donors (Lipinski definition) is 0. The topological polar surface area (TPSA) is 70.8 Å². The SMILES string of the molecule is Cc1cnc2c(C(=O)N3CCCC3(C)C(=O)N(C)C)cnn2c1. The lowest BCUT2D eigenvalue weighted by atomic mass is 9.96. The molecule has 23 heavy (non-hydrogen) atoms. The number of fused-ring (bicyclic) bond motifs is 1. The maximum absolute atomic E-state index is 13.0. The second-order valence-electron chi connectivity index (χ2n) is 6.49. The average molecular weight is 315 g/mol. The Morgan fingerprint density at radius 3 is 2.74 bits per heavy atom. The Kier molecular flexibility index (Phi) is 3.58. The maximum atomic E-state index is 13.0. The van der Waals surface area contributed by atoms with Crippen molar-refractivity contribution in [1.82, 2.24) is 24.4 Å². The summed E-state index contributed by atoms with van der Waals surface area (Å²) in [4.78, 5) is 33.1. The third-order valence-electron chi connectivity index (χ3n) is 4.47. The van der Waals surface area contributed by atoms with Gasteiger partial charge in [-0.25, -0.2) is 9.50 Å².